The SMILES string of the molecule is CCNC(=O)NC(=O)CNc1ccccc1SCc1ccccc1. The highest BCUT2D eigenvalue weighted by Crippen LogP contribution is 2.29. The Bertz CT molecular complexity index is 677. The Morgan fingerprint density at radius 3 is 2.46 bits per heavy atom. The van der Waals surface area contributed by atoms with Crippen molar-refractivity contribution in [3.05, 3.63) is 60.2 Å². The molecule has 0 saturated carbocycles. The number of amides is 3. The normalized spacial score (nSPS) is 10.0. The number of hydrogen-bond donors (Lipinski definition) is 3. The number of carbonyl (C=O) groups is 2. The van der Waals surface area contributed by atoms with Gasteiger partial charge in [-0.3, -0.25) is 10.1 Å². The second-order valence-corrected chi connectivity index (χ2v) is 6.05. The van der Waals surface area contributed by atoms with E-state index in [4.69, 9.17) is 0 Å². The van der Waals surface area contributed by atoms with Crippen LogP contribution in [0, 0.1) is 0 Å². The Hall–Kier alpha value is -2.47. The van der Waals surface area contributed by atoms with Crippen LogP contribution >= 0.6 is 11.8 Å². The fraction of sp³-hybridized carbons (Fsp3) is 0.222. The van der Waals surface area contributed by atoms with E-state index in [0.717, 1.165) is 16.3 Å². The molecule has 24 heavy (non-hydrogen) atoms. The van der Waals surface area contributed by atoms with E-state index in [2.05, 4.69) is 28.1 Å². The topological polar surface area (TPSA) is 70.2 Å². The van der Waals surface area contributed by atoms with E-state index in [1.807, 2.05) is 42.5 Å². The molecule has 0 aliphatic rings. The predicted molar refractivity (Wildman–Crippen MR) is 98.2 cm³/mol. The van der Waals surface area contributed by atoms with Gasteiger partial charge in [0.2, 0.25) is 5.91 Å². The molecule has 0 fully saturated rings. The van der Waals surface area contributed by atoms with Crippen LogP contribution in [-0.2, 0) is 10.5 Å². The summed E-state index contributed by atoms with van der Waals surface area (Å²) in [4.78, 5) is 24.1. The Morgan fingerprint density at radius 1 is 1.00 bits per heavy atom. The molecule has 0 radical (unpaired) electrons. The minimum Gasteiger partial charge on any atom is -0.375 e. The molecule has 126 valence electrons. The molecule has 0 spiro atoms. The third-order valence-corrected chi connectivity index (χ3v) is 4.30. The average Bonchev–Trinajstić information content (AvgIpc) is 2.60. The zero-order valence-electron chi connectivity index (χ0n) is 13.5. The van der Waals surface area contributed by atoms with Crippen molar-refractivity contribution in [2.24, 2.45) is 0 Å². The van der Waals surface area contributed by atoms with E-state index >= 15 is 0 Å². The number of imide groups is 1. The molecule has 2 aromatic carbocycles. The van der Waals surface area contributed by atoms with Crippen LogP contribution in [0.5, 0.6) is 0 Å². The monoisotopic (exact) mass is 343 g/mol. The van der Waals surface area contributed by atoms with Gasteiger partial charge in [-0.25, -0.2) is 4.79 Å². The minimum absolute atomic E-state index is 0.0417. The maximum atomic E-state index is 11.8. The van der Waals surface area contributed by atoms with Crippen molar-refractivity contribution in [1.29, 1.82) is 0 Å². The van der Waals surface area contributed by atoms with Gasteiger partial charge in [0, 0.05) is 22.9 Å². The maximum Gasteiger partial charge on any atom is 0.321 e. The molecule has 3 amide bonds. The summed E-state index contributed by atoms with van der Waals surface area (Å²) in [6, 6.07) is 17.5. The maximum absolute atomic E-state index is 11.8. The lowest BCUT2D eigenvalue weighted by molar-refractivity contribution is -0.118. The average molecular weight is 343 g/mol. The first-order valence-electron chi connectivity index (χ1n) is 7.76. The molecule has 0 aliphatic carbocycles. The highest BCUT2D eigenvalue weighted by Gasteiger charge is 2.08. The van der Waals surface area contributed by atoms with Crippen molar-refractivity contribution in [3.63, 3.8) is 0 Å². The number of nitrogens with one attached hydrogen (secondary N) is 3. The molecular formula is C18H21N3O2S. The molecule has 5 nitrogen and oxygen atoms in total. The third kappa shape index (κ3) is 5.96. The molecule has 0 bridgehead atoms. The number of hydrogen-bond acceptors (Lipinski definition) is 4. The first-order chi connectivity index (χ1) is 11.7. The van der Waals surface area contributed by atoms with E-state index in [1.165, 1.54) is 5.56 Å². The molecule has 0 aromatic heterocycles. The molecule has 2 rings (SSSR count). The van der Waals surface area contributed by atoms with Gasteiger partial charge in [-0.15, -0.1) is 11.8 Å². The predicted octanol–water partition coefficient (Wildman–Crippen LogP) is 3.24. The van der Waals surface area contributed by atoms with Gasteiger partial charge in [0.1, 0.15) is 0 Å². The first kappa shape index (κ1) is 17.9. The standard InChI is InChI=1S/C18H21N3O2S/c1-2-19-18(23)21-17(22)12-20-15-10-6-7-11-16(15)24-13-14-8-4-3-5-9-14/h3-11,20H,2,12-13H2,1H3,(H2,19,21,22,23). The van der Waals surface area contributed by atoms with E-state index in [1.54, 1.807) is 18.7 Å². The lowest BCUT2D eigenvalue weighted by Crippen LogP contribution is -2.41. The van der Waals surface area contributed by atoms with Gasteiger partial charge in [0.05, 0.1) is 6.54 Å². The fourth-order valence-corrected chi connectivity index (χ4v) is 3.01. The van der Waals surface area contributed by atoms with Crippen LogP contribution in [0.4, 0.5) is 10.5 Å². The molecule has 6 heteroatoms. The number of carbonyl (C=O) groups excluding carboxylic acids is 2. The summed E-state index contributed by atoms with van der Waals surface area (Å²) in [5.74, 6) is 0.480. The van der Waals surface area contributed by atoms with E-state index in [0.29, 0.717) is 6.54 Å². The zero-order chi connectivity index (χ0) is 17.2. The van der Waals surface area contributed by atoms with Crippen molar-refractivity contribution in [2.75, 3.05) is 18.4 Å². The van der Waals surface area contributed by atoms with Gasteiger partial charge in [0.15, 0.2) is 0 Å². The van der Waals surface area contributed by atoms with Gasteiger partial charge in [-0.05, 0) is 24.6 Å². The van der Waals surface area contributed by atoms with Crippen LogP contribution in [0.15, 0.2) is 59.5 Å². The Balaban J connectivity index is 1.89. The lowest BCUT2D eigenvalue weighted by Gasteiger charge is -2.11. The third-order valence-electron chi connectivity index (χ3n) is 3.15. The summed E-state index contributed by atoms with van der Waals surface area (Å²) in [6.45, 7) is 2.31. The van der Waals surface area contributed by atoms with E-state index < -0.39 is 6.03 Å². The molecular weight excluding hydrogens is 322 g/mol. The lowest BCUT2D eigenvalue weighted by atomic mass is 10.2. The van der Waals surface area contributed by atoms with Crippen molar-refractivity contribution < 1.29 is 9.59 Å². The van der Waals surface area contributed by atoms with Crippen molar-refractivity contribution in [2.45, 2.75) is 17.6 Å². The fourth-order valence-electron chi connectivity index (χ4n) is 2.02. The number of urea groups is 1. The number of rotatable bonds is 7. The molecule has 0 aliphatic heterocycles. The number of para-hydroxylation sites is 1. The molecule has 0 saturated heterocycles. The molecule has 0 heterocycles. The second-order valence-electron chi connectivity index (χ2n) is 5.03. The van der Waals surface area contributed by atoms with Crippen molar-refractivity contribution >= 4 is 29.4 Å². The molecule has 2 aromatic rings. The Kier molecular flexibility index (Phi) is 7.17. The van der Waals surface area contributed by atoms with Crippen LogP contribution < -0.4 is 16.0 Å². The summed E-state index contributed by atoms with van der Waals surface area (Å²) in [7, 11) is 0. The van der Waals surface area contributed by atoms with Gasteiger partial charge in [-0.2, -0.15) is 0 Å². The zero-order valence-corrected chi connectivity index (χ0v) is 14.4. The van der Waals surface area contributed by atoms with Crippen molar-refractivity contribution in [3.8, 4) is 0 Å². The summed E-state index contributed by atoms with van der Waals surface area (Å²) < 4.78 is 0. The van der Waals surface area contributed by atoms with Crippen LogP contribution in [0.3, 0.4) is 0 Å². The van der Waals surface area contributed by atoms with Crippen LogP contribution in [-0.4, -0.2) is 25.0 Å². The van der Waals surface area contributed by atoms with Crippen LogP contribution in [0.25, 0.3) is 0 Å². The number of benzene rings is 2. The Labute approximate surface area is 146 Å². The highest BCUT2D eigenvalue weighted by molar-refractivity contribution is 7.98. The van der Waals surface area contributed by atoms with E-state index in [9.17, 15) is 9.59 Å². The second kappa shape index (κ2) is 9.62. The molecule has 0 atom stereocenters. The molecule has 0 unspecified atom stereocenters. The number of thioether (sulfide) groups is 1. The highest BCUT2D eigenvalue weighted by atomic mass is 32.2. The van der Waals surface area contributed by atoms with E-state index in [-0.39, 0.29) is 12.5 Å². The molecule has 3 N–H and O–H groups in total. The van der Waals surface area contributed by atoms with Gasteiger partial charge >= 0.3 is 6.03 Å². The first-order valence-corrected chi connectivity index (χ1v) is 8.75. The summed E-state index contributed by atoms with van der Waals surface area (Å²) in [5.41, 5.74) is 2.12. The largest absolute Gasteiger partial charge is 0.375 e. The summed E-state index contributed by atoms with van der Waals surface area (Å²) in [5, 5.41) is 7.88. The smallest absolute Gasteiger partial charge is 0.321 e. The Morgan fingerprint density at radius 2 is 1.71 bits per heavy atom. The quantitative estimate of drug-likeness (QED) is 0.675. The minimum atomic E-state index is -0.476. The van der Waals surface area contributed by atoms with Crippen molar-refractivity contribution in [1.82, 2.24) is 10.6 Å². The van der Waals surface area contributed by atoms with Crippen LogP contribution in [0.2, 0.25) is 0 Å². The van der Waals surface area contributed by atoms with Gasteiger partial charge in [0.25, 0.3) is 0 Å². The van der Waals surface area contributed by atoms with Crippen LogP contribution in [0.1, 0.15) is 12.5 Å². The van der Waals surface area contributed by atoms with Gasteiger partial charge < -0.3 is 10.6 Å². The summed E-state index contributed by atoms with van der Waals surface area (Å²) >= 11 is 1.70. The number of anilines is 1. The summed E-state index contributed by atoms with van der Waals surface area (Å²) in [6.07, 6.45) is 0. The van der Waals surface area contributed by atoms with Gasteiger partial charge in [-0.1, -0.05) is 42.5 Å².